The molecular formula is C14H12N4O2S. The van der Waals surface area contributed by atoms with Crippen LogP contribution in [0.25, 0.3) is 0 Å². The zero-order valence-electron chi connectivity index (χ0n) is 11.2. The normalized spacial score (nSPS) is 12.2. The summed E-state index contributed by atoms with van der Waals surface area (Å²) in [6.07, 6.45) is 4.93. The van der Waals surface area contributed by atoms with Gasteiger partial charge in [-0.15, -0.1) is 11.3 Å². The van der Waals surface area contributed by atoms with Crippen LogP contribution in [0.2, 0.25) is 0 Å². The molecule has 3 aromatic rings. The van der Waals surface area contributed by atoms with Gasteiger partial charge in [-0.25, -0.2) is 4.98 Å². The Morgan fingerprint density at radius 2 is 1.81 bits per heavy atom. The number of hydrogen-bond donors (Lipinski definition) is 2. The van der Waals surface area contributed by atoms with Crippen LogP contribution < -0.4 is 21.5 Å². The van der Waals surface area contributed by atoms with E-state index in [4.69, 9.17) is 0 Å². The van der Waals surface area contributed by atoms with Crippen LogP contribution >= 0.6 is 11.3 Å². The number of nitrogens with one attached hydrogen (secondary N) is 2. The van der Waals surface area contributed by atoms with Crippen molar-refractivity contribution in [3.8, 4) is 0 Å². The van der Waals surface area contributed by atoms with Crippen molar-refractivity contribution < 1.29 is 0 Å². The molecule has 0 aliphatic rings. The van der Waals surface area contributed by atoms with Crippen molar-refractivity contribution in [1.29, 1.82) is 0 Å². The van der Waals surface area contributed by atoms with E-state index >= 15 is 0 Å². The third-order valence-electron chi connectivity index (χ3n) is 3.04. The quantitative estimate of drug-likeness (QED) is 0.702. The van der Waals surface area contributed by atoms with Crippen LogP contribution in [0, 0.1) is 0 Å². The van der Waals surface area contributed by atoms with Crippen molar-refractivity contribution in [2.45, 2.75) is 13.0 Å². The van der Waals surface area contributed by atoms with Crippen molar-refractivity contribution in [3.05, 3.63) is 61.6 Å². The summed E-state index contributed by atoms with van der Waals surface area (Å²) in [5.74, 6) is 0. The van der Waals surface area contributed by atoms with Crippen LogP contribution in [0.3, 0.4) is 0 Å². The summed E-state index contributed by atoms with van der Waals surface area (Å²) >= 11 is 1.49. The van der Waals surface area contributed by atoms with Crippen LogP contribution in [0.1, 0.15) is 18.0 Å². The smallest absolute Gasteiger partial charge is 0.253 e. The van der Waals surface area contributed by atoms with Gasteiger partial charge in [-0.1, -0.05) is 0 Å². The van der Waals surface area contributed by atoms with Gasteiger partial charge in [-0.05, 0) is 19.1 Å². The number of aromatic nitrogens is 2. The molecule has 3 rings (SSSR count). The molecule has 0 aliphatic heterocycles. The van der Waals surface area contributed by atoms with Gasteiger partial charge in [0.2, 0.25) is 0 Å². The van der Waals surface area contributed by atoms with E-state index in [9.17, 15) is 9.59 Å². The molecule has 1 atom stereocenters. The van der Waals surface area contributed by atoms with Gasteiger partial charge in [-0.3, -0.25) is 14.6 Å². The summed E-state index contributed by atoms with van der Waals surface area (Å²) < 4.78 is 0. The van der Waals surface area contributed by atoms with Crippen LogP contribution in [0.4, 0.5) is 17.1 Å². The van der Waals surface area contributed by atoms with Gasteiger partial charge in [0.05, 0.1) is 6.04 Å². The maximum absolute atomic E-state index is 11.7. The molecule has 0 amide bonds. The first-order valence-electron chi connectivity index (χ1n) is 6.33. The van der Waals surface area contributed by atoms with E-state index in [0.717, 1.165) is 5.01 Å². The molecule has 0 saturated carbocycles. The average molecular weight is 300 g/mol. The number of anilines is 3. The van der Waals surface area contributed by atoms with E-state index in [2.05, 4.69) is 20.6 Å². The topological polar surface area (TPSA) is 84.0 Å². The van der Waals surface area contributed by atoms with E-state index in [1.807, 2.05) is 12.3 Å². The molecular weight excluding hydrogens is 288 g/mol. The van der Waals surface area contributed by atoms with Gasteiger partial charge in [0.15, 0.2) is 0 Å². The molecule has 0 spiro atoms. The maximum atomic E-state index is 11.7. The van der Waals surface area contributed by atoms with Crippen LogP contribution in [0.5, 0.6) is 0 Å². The van der Waals surface area contributed by atoms with Crippen LogP contribution in [-0.4, -0.2) is 9.97 Å². The van der Waals surface area contributed by atoms with Crippen molar-refractivity contribution >= 4 is 28.4 Å². The predicted octanol–water partition coefficient (Wildman–Crippen LogP) is 2.05. The van der Waals surface area contributed by atoms with E-state index in [1.54, 1.807) is 30.7 Å². The second-order valence-electron chi connectivity index (χ2n) is 4.51. The molecule has 21 heavy (non-hydrogen) atoms. The maximum Gasteiger partial charge on any atom is 0.253 e. The SMILES string of the molecule is CC(Nc1c(Nc2ccncc2)c(=O)c1=O)c1nccs1. The molecule has 106 valence electrons. The molecule has 0 radical (unpaired) electrons. The van der Waals surface area contributed by atoms with E-state index in [1.165, 1.54) is 11.3 Å². The first-order valence-corrected chi connectivity index (χ1v) is 7.21. The first kappa shape index (κ1) is 13.4. The molecule has 2 N–H and O–H groups in total. The molecule has 0 aliphatic carbocycles. The van der Waals surface area contributed by atoms with Crippen molar-refractivity contribution in [3.63, 3.8) is 0 Å². The molecule has 2 heterocycles. The fourth-order valence-electron chi connectivity index (χ4n) is 1.95. The number of pyridine rings is 1. The van der Waals surface area contributed by atoms with E-state index in [0.29, 0.717) is 11.4 Å². The molecule has 0 bridgehead atoms. The predicted molar refractivity (Wildman–Crippen MR) is 83.0 cm³/mol. The van der Waals surface area contributed by atoms with Crippen molar-refractivity contribution in [2.24, 2.45) is 0 Å². The molecule has 1 aromatic carbocycles. The molecule has 1 unspecified atom stereocenters. The second kappa shape index (κ2) is 5.45. The minimum atomic E-state index is -0.513. The second-order valence-corrected chi connectivity index (χ2v) is 5.43. The first-order chi connectivity index (χ1) is 10.2. The van der Waals surface area contributed by atoms with Gasteiger partial charge >= 0.3 is 0 Å². The fourth-order valence-corrected chi connectivity index (χ4v) is 2.60. The Balaban J connectivity index is 1.82. The van der Waals surface area contributed by atoms with Gasteiger partial charge in [0.25, 0.3) is 10.9 Å². The minimum Gasteiger partial charge on any atom is -0.371 e. The lowest BCUT2D eigenvalue weighted by atomic mass is 10.1. The largest absolute Gasteiger partial charge is 0.371 e. The lowest BCUT2D eigenvalue weighted by Gasteiger charge is -2.18. The Bertz CT molecular complexity index is 807. The molecule has 6 nitrogen and oxygen atoms in total. The Hall–Kier alpha value is -2.54. The lowest BCUT2D eigenvalue weighted by Crippen LogP contribution is -2.37. The Labute approximate surface area is 124 Å². The monoisotopic (exact) mass is 300 g/mol. The zero-order valence-corrected chi connectivity index (χ0v) is 12.0. The van der Waals surface area contributed by atoms with E-state index in [-0.39, 0.29) is 11.7 Å². The summed E-state index contributed by atoms with van der Waals surface area (Å²) in [4.78, 5) is 31.5. The number of hydrogen-bond acceptors (Lipinski definition) is 7. The molecule has 7 heteroatoms. The summed E-state index contributed by atoms with van der Waals surface area (Å²) in [7, 11) is 0. The van der Waals surface area contributed by atoms with Crippen molar-refractivity contribution in [1.82, 2.24) is 9.97 Å². The molecule has 0 fully saturated rings. The van der Waals surface area contributed by atoms with Crippen LogP contribution in [-0.2, 0) is 0 Å². The zero-order chi connectivity index (χ0) is 14.8. The number of rotatable bonds is 5. The lowest BCUT2D eigenvalue weighted by molar-refractivity contribution is 0.865. The highest BCUT2D eigenvalue weighted by Crippen LogP contribution is 2.25. The third kappa shape index (κ3) is 2.55. The molecule has 2 aromatic heterocycles. The number of nitrogens with zero attached hydrogens (tertiary/aromatic N) is 2. The van der Waals surface area contributed by atoms with Gasteiger partial charge < -0.3 is 10.6 Å². The average Bonchev–Trinajstić information content (AvgIpc) is 3.05. The Morgan fingerprint density at radius 3 is 2.48 bits per heavy atom. The van der Waals surface area contributed by atoms with Crippen LogP contribution in [0.15, 0.2) is 45.7 Å². The summed E-state index contributed by atoms with van der Waals surface area (Å²) in [6.45, 7) is 1.89. The van der Waals surface area contributed by atoms with E-state index < -0.39 is 10.9 Å². The Kier molecular flexibility index (Phi) is 3.49. The molecule has 0 saturated heterocycles. The number of thiazole rings is 1. The van der Waals surface area contributed by atoms with Gasteiger partial charge in [0.1, 0.15) is 16.4 Å². The highest BCUT2D eigenvalue weighted by molar-refractivity contribution is 7.09. The van der Waals surface area contributed by atoms with Gasteiger partial charge in [0, 0.05) is 29.7 Å². The standard InChI is InChI=1S/C14H12N4O2S/c1-8(14-16-6-7-21-14)17-10-11(13(20)12(10)19)18-9-2-4-15-5-3-9/h2-8,17H,1H3,(H,15,18). The summed E-state index contributed by atoms with van der Waals surface area (Å²) in [5.41, 5.74) is 0.284. The Morgan fingerprint density at radius 1 is 1.10 bits per heavy atom. The van der Waals surface area contributed by atoms with Gasteiger partial charge in [-0.2, -0.15) is 0 Å². The summed E-state index contributed by atoms with van der Waals surface area (Å²) in [5, 5.41) is 8.72. The fraction of sp³-hybridized carbons (Fsp3) is 0.143. The summed E-state index contributed by atoms with van der Waals surface area (Å²) in [6, 6.07) is 3.32. The van der Waals surface area contributed by atoms with Crippen molar-refractivity contribution in [2.75, 3.05) is 10.6 Å². The third-order valence-corrected chi connectivity index (χ3v) is 4.00. The highest BCUT2D eigenvalue weighted by Gasteiger charge is 2.23. The highest BCUT2D eigenvalue weighted by atomic mass is 32.1. The minimum absolute atomic E-state index is 0.133.